The van der Waals surface area contributed by atoms with Crippen LogP contribution in [0.15, 0.2) is 42.5 Å². The monoisotopic (exact) mass is 417 g/mol. The molecule has 0 aliphatic carbocycles. The van der Waals surface area contributed by atoms with Gasteiger partial charge in [-0.1, -0.05) is 23.7 Å². The lowest BCUT2D eigenvalue weighted by Crippen LogP contribution is -2.27. The Kier molecular flexibility index (Phi) is 6.39. The number of rotatable bonds is 7. The molecule has 152 valence electrons. The number of hydrogen-bond acceptors (Lipinski definition) is 6. The number of amides is 1. The number of hydrogen-bond donors (Lipinski definition) is 0. The summed E-state index contributed by atoms with van der Waals surface area (Å²) in [5.74, 6) is -1.04. The largest absolute Gasteiger partial charge is 0.496 e. The molecular formula is C21H20ClNO6. The summed E-state index contributed by atoms with van der Waals surface area (Å²) in [6.07, 6.45) is -0.0165. The van der Waals surface area contributed by atoms with Gasteiger partial charge in [-0.2, -0.15) is 0 Å². The molecule has 1 aliphatic heterocycles. The third-order valence-electron chi connectivity index (χ3n) is 4.64. The van der Waals surface area contributed by atoms with Crippen molar-refractivity contribution in [3.8, 4) is 11.5 Å². The number of esters is 1. The van der Waals surface area contributed by atoms with E-state index < -0.39 is 18.5 Å². The van der Waals surface area contributed by atoms with Crippen molar-refractivity contribution >= 4 is 34.9 Å². The van der Waals surface area contributed by atoms with Gasteiger partial charge in [-0.3, -0.25) is 14.4 Å². The summed E-state index contributed by atoms with van der Waals surface area (Å²) in [7, 11) is 2.95. The van der Waals surface area contributed by atoms with Gasteiger partial charge in [-0.05, 0) is 30.3 Å². The summed E-state index contributed by atoms with van der Waals surface area (Å²) in [4.78, 5) is 38.7. The number of ketones is 1. The molecule has 1 amide bonds. The Morgan fingerprint density at radius 3 is 2.55 bits per heavy atom. The van der Waals surface area contributed by atoms with E-state index in [-0.39, 0.29) is 24.7 Å². The van der Waals surface area contributed by atoms with Crippen LogP contribution in [0, 0.1) is 5.92 Å². The first-order valence-corrected chi connectivity index (χ1v) is 9.29. The Hall–Kier alpha value is -3.06. The molecule has 1 fully saturated rings. The SMILES string of the molecule is COc1ccccc1C(=O)COC(=O)[C@H]1CC(=O)N(c2cc(Cl)ccc2OC)C1. The molecule has 0 radical (unpaired) electrons. The maximum atomic E-state index is 12.4. The molecule has 2 aromatic rings. The average molecular weight is 418 g/mol. The second-order valence-corrected chi connectivity index (χ2v) is 6.89. The molecular weight excluding hydrogens is 398 g/mol. The summed E-state index contributed by atoms with van der Waals surface area (Å²) in [5.41, 5.74) is 0.820. The lowest BCUT2D eigenvalue weighted by atomic mass is 10.1. The summed E-state index contributed by atoms with van der Waals surface area (Å²) >= 11 is 6.03. The molecule has 0 spiro atoms. The second-order valence-electron chi connectivity index (χ2n) is 6.45. The molecule has 2 aromatic carbocycles. The molecule has 1 atom stereocenters. The Balaban J connectivity index is 1.65. The third-order valence-corrected chi connectivity index (χ3v) is 4.88. The fraction of sp³-hybridized carbons (Fsp3) is 0.286. The van der Waals surface area contributed by atoms with E-state index in [1.165, 1.54) is 19.1 Å². The highest BCUT2D eigenvalue weighted by atomic mass is 35.5. The van der Waals surface area contributed by atoms with Gasteiger partial charge in [0.15, 0.2) is 6.61 Å². The zero-order valence-electron chi connectivity index (χ0n) is 16.0. The van der Waals surface area contributed by atoms with Gasteiger partial charge in [0.1, 0.15) is 11.5 Å². The van der Waals surface area contributed by atoms with Gasteiger partial charge in [0.2, 0.25) is 11.7 Å². The third kappa shape index (κ3) is 4.51. The maximum absolute atomic E-state index is 12.4. The lowest BCUT2D eigenvalue weighted by molar-refractivity contribution is -0.147. The smallest absolute Gasteiger partial charge is 0.311 e. The van der Waals surface area contributed by atoms with E-state index in [2.05, 4.69) is 0 Å². The van der Waals surface area contributed by atoms with Gasteiger partial charge in [0, 0.05) is 18.0 Å². The van der Waals surface area contributed by atoms with Crippen molar-refractivity contribution in [2.24, 2.45) is 5.92 Å². The van der Waals surface area contributed by atoms with Gasteiger partial charge in [0.25, 0.3) is 0 Å². The minimum Gasteiger partial charge on any atom is -0.496 e. The molecule has 0 unspecified atom stereocenters. The molecule has 7 nitrogen and oxygen atoms in total. The van der Waals surface area contributed by atoms with Crippen LogP contribution in [0.25, 0.3) is 0 Å². The van der Waals surface area contributed by atoms with Crippen molar-refractivity contribution in [1.29, 1.82) is 0 Å². The molecule has 1 aliphatic rings. The second kappa shape index (κ2) is 8.96. The van der Waals surface area contributed by atoms with E-state index in [0.717, 1.165) is 0 Å². The molecule has 1 heterocycles. The first-order valence-electron chi connectivity index (χ1n) is 8.91. The average Bonchev–Trinajstić information content (AvgIpc) is 3.13. The lowest BCUT2D eigenvalue weighted by Gasteiger charge is -2.19. The molecule has 8 heteroatoms. The van der Waals surface area contributed by atoms with Gasteiger partial charge in [-0.15, -0.1) is 0 Å². The minimum atomic E-state index is -0.684. The van der Waals surface area contributed by atoms with Crippen LogP contribution in [0.1, 0.15) is 16.8 Å². The van der Waals surface area contributed by atoms with E-state index in [1.54, 1.807) is 42.5 Å². The Bertz CT molecular complexity index is 945. The molecule has 0 saturated carbocycles. The molecule has 1 saturated heterocycles. The highest BCUT2D eigenvalue weighted by molar-refractivity contribution is 6.31. The molecule has 0 N–H and O–H groups in total. The fourth-order valence-electron chi connectivity index (χ4n) is 3.18. The zero-order valence-corrected chi connectivity index (χ0v) is 16.8. The van der Waals surface area contributed by atoms with Crippen LogP contribution in [-0.4, -0.2) is 45.0 Å². The van der Waals surface area contributed by atoms with Crippen LogP contribution in [-0.2, 0) is 14.3 Å². The van der Waals surface area contributed by atoms with E-state index in [9.17, 15) is 14.4 Å². The Morgan fingerprint density at radius 1 is 1.10 bits per heavy atom. The van der Waals surface area contributed by atoms with Crippen molar-refractivity contribution in [3.05, 3.63) is 53.1 Å². The first kappa shape index (κ1) is 20.7. The van der Waals surface area contributed by atoms with Crippen LogP contribution < -0.4 is 14.4 Å². The van der Waals surface area contributed by atoms with E-state index in [4.69, 9.17) is 25.8 Å². The van der Waals surface area contributed by atoms with Crippen LogP contribution in [0.2, 0.25) is 5.02 Å². The predicted molar refractivity (Wildman–Crippen MR) is 107 cm³/mol. The maximum Gasteiger partial charge on any atom is 0.311 e. The summed E-state index contributed by atoms with van der Waals surface area (Å²) in [6, 6.07) is 11.6. The number of halogens is 1. The van der Waals surface area contributed by atoms with Crippen molar-refractivity contribution in [1.82, 2.24) is 0 Å². The number of nitrogens with zero attached hydrogens (tertiary/aromatic N) is 1. The van der Waals surface area contributed by atoms with Crippen molar-refractivity contribution in [2.75, 3.05) is 32.3 Å². The van der Waals surface area contributed by atoms with Crippen molar-refractivity contribution in [3.63, 3.8) is 0 Å². The number of para-hydroxylation sites is 1. The Labute approximate surface area is 173 Å². The van der Waals surface area contributed by atoms with E-state index >= 15 is 0 Å². The van der Waals surface area contributed by atoms with Crippen LogP contribution in [0.5, 0.6) is 11.5 Å². The Morgan fingerprint density at radius 2 is 1.83 bits per heavy atom. The normalized spacial score (nSPS) is 15.9. The quantitative estimate of drug-likeness (QED) is 0.508. The van der Waals surface area contributed by atoms with Crippen molar-refractivity contribution in [2.45, 2.75) is 6.42 Å². The van der Waals surface area contributed by atoms with Crippen LogP contribution >= 0.6 is 11.6 Å². The molecule has 0 bridgehead atoms. The summed E-state index contributed by atoms with van der Waals surface area (Å²) in [5, 5.41) is 0.446. The number of benzene rings is 2. The molecule has 0 aromatic heterocycles. The van der Waals surface area contributed by atoms with Gasteiger partial charge in [0.05, 0.1) is 31.4 Å². The topological polar surface area (TPSA) is 82.1 Å². The highest BCUT2D eigenvalue weighted by Crippen LogP contribution is 2.35. The number of carbonyl (C=O) groups excluding carboxylic acids is 3. The molecule has 3 rings (SSSR count). The summed E-state index contributed by atoms with van der Waals surface area (Å²) in [6.45, 7) is -0.304. The number of anilines is 1. The fourth-order valence-corrected chi connectivity index (χ4v) is 3.35. The van der Waals surface area contributed by atoms with Gasteiger partial charge < -0.3 is 19.1 Å². The van der Waals surface area contributed by atoms with E-state index in [1.807, 2.05) is 0 Å². The van der Waals surface area contributed by atoms with E-state index in [0.29, 0.717) is 27.8 Å². The van der Waals surface area contributed by atoms with Crippen molar-refractivity contribution < 1.29 is 28.6 Å². The summed E-state index contributed by atoms with van der Waals surface area (Å²) < 4.78 is 15.6. The van der Waals surface area contributed by atoms with Gasteiger partial charge >= 0.3 is 5.97 Å². The number of carbonyl (C=O) groups is 3. The number of Topliss-reactive ketones (excluding diaryl/α,β-unsaturated/α-hetero) is 1. The molecule has 29 heavy (non-hydrogen) atoms. The zero-order chi connectivity index (χ0) is 21.0. The van der Waals surface area contributed by atoms with Gasteiger partial charge in [-0.25, -0.2) is 0 Å². The standard InChI is InChI=1S/C21H20ClNO6/c1-27-18-6-4-3-5-15(18)17(24)12-29-21(26)13-9-20(25)23(11-13)16-10-14(22)7-8-19(16)28-2/h3-8,10,13H,9,11-12H2,1-2H3/t13-/m0/s1. The number of ether oxygens (including phenoxy) is 3. The van der Waals surface area contributed by atoms with Crippen LogP contribution in [0.3, 0.4) is 0 Å². The highest BCUT2D eigenvalue weighted by Gasteiger charge is 2.37. The number of methoxy groups -OCH3 is 2. The minimum absolute atomic E-state index is 0.0165. The van der Waals surface area contributed by atoms with Crippen LogP contribution in [0.4, 0.5) is 5.69 Å². The predicted octanol–water partition coefficient (Wildman–Crippen LogP) is 3.14. The first-order chi connectivity index (χ1) is 13.9.